The molecule has 0 saturated carbocycles. The van der Waals surface area contributed by atoms with E-state index in [1.165, 1.54) is 5.56 Å². The van der Waals surface area contributed by atoms with Gasteiger partial charge in [-0.1, -0.05) is 66.7 Å². The summed E-state index contributed by atoms with van der Waals surface area (Å²) in [4.78, 5) is 19.8. The minimum Gasteiger partial charge on any atom is -0.491 e. The van der Waals surface area contributed by atoms with Crippen molar-refractivity contribution in [2.75, 3.05) is 18.1 Å². The van der Waals surface area contributed by atoms with Crippen molar-refractivity contribution in [1.29, 1.82) is 0 Å². The fourth-order valence-electron chi connectivity index (χ4n) is 4.66. The number of ether oxygens (including phenoxy) is 2. The number of hydrogen-bond acceptors (Lipinski definition) is 5. The SMILES string of the molecule is CC1Oc2ccc(-c3csc(Cc4ccccc4)n3)cc2N(CCOc2cccc3ccccc23)C1=O. The second kappa shape index (κ2) is 10.1. The van der Waals surface area contributed by atoms with Crippen LogP contribution < -0.4 is 14.4 Å². The summed E-state index contributed by atoms with van der Waals surface area (Å²) in [6.45, 7) is 2.57. The van der Waals surface area contributed by atoms with Gasteiger partial charge in [-0.2, -0.15) is 0 Å². The Morgan fingerprint density at radius 1 is 0.973 bits per heavy atom. The van der Waals surface area contributed by atoms with Crippen LogP contribution in [0, 0.1) is 0 Å². The molecule has 184 valence electrons. The molecule has 2 heterocycles. The van der Waals surface area contributed by atoms with Crippen LogP contribution in [0.3, 0.4) is 0 Å². The predicted octanol–water partition coefficient (Wildman–Crippen LogP) is 6.75. The molecule has 0 fully saturated rings. The second-order valence-corrected chi connectivity index (χ2v) is 9.99. The summed E-state index contributed by atoms with van der Waals surface area (Å²) in [6, 6.07) is 30.4. The molecule has 37 heavy (non-hydrogen) atoms. The van der Waals surface area contributed by atoms with E-state index in [1.807, 2.05) is 66.7 Å². The monoisotopic (exact) mass is 506 g/mol. The molecule has 4 aromatic carbocycles. The Kier molecular flexibility index (Phi) is 6.33. The molecule has 1 aromatic heterocycles. The van der Waals surface area contributed by atoms with Crippen molar-refractivity contribution in [2.24, 2.45) is 0 Å². The van der Waals surface area contributed by atoms with Crippen molar-refractivity contribution in [3.05, 3.63) is 107 Å². The normalized spacial score (nSPS) is 14.9. The third kappa shape index (κ3) is 4.80. The fourth-order valence-corrected chi connectivity index (χ4v) is 5.50. The highest BCUT2D eigenvalue weighted by molar-refractivity contribution is 7.10. The van der Waals surface area contributed by atoms with Gasteiger partial charge in [0.25, 0.3) is 5.91 Å². The Morgan fingerprint density at radius 3 is 2.68 bits per heavy atom. The van der Waals surface area contributed by atoms with Crippen LogP contribution in [0.2, 0.25) is 0 Å². The number of amides is 1. The van der Waals surface area contributed by atoms with Crippen LogP contribution in [0.25, 0.3) is 22.0 Å². The van der Waals surface area contributed by atoms with Crippen LogP contribution in [0.5, 0.6) is 11.5 Å². The fraction of sp³-hybridized carbons (Fsp3) is 0.161. The van der Waals surface area contributed by atoms with E-state index in [2.05, 4.69) is 29.6 Å². The Hall–Kier alpha value is -4.16. The van der Waals surface area contributed by atoms with Crippen molar-refractivity contribution >= 4 is 33.7 Å². The topological polar surface area (TPSA) is 51.7 Å². The lowest BCUT2D eigenvalue weighted by Gasteiger charge is -2.33. The molecule has 1 atom stereocenters. The smallest absolute Gasteiger partial charge is 0.267 e. The highest BCUT2D eigenvalue weighted by atomic mass is 32.1. The van der Waals surface area contributed by atoms with E-state index in [4.69, 9.17) is 14.5 Å². The van der Waals surface area contributed by atoms with Crippen LogP contribution >= 0.6 is 11.3 Å². The van der Waals surface area contributed by atoms with Crippen molar-refractivity contribution in [3.63, 3.8) is 0 Å². The number of anilines is 1. The molecule has 1 aliphatic heterocycles. The Morgan fingerprint density at radius 2 is 1.78 bits per heavy atom. The lowest BCUT2D eigenvalue weighted by molar-refractivity contribution is -0.125. The molecule has 0 aliphatic carbocycles. The lowest BCUT2D eigenvalue weighted by atomic mass is 10.1. The first-order valence-electron chi connectivity index (χ1n) is 12.4. The summed E-state index contributed by atoms with van der Waals surface area (Å²) in [7, 11) is 0. The average molecular weight is 507 g/mol. The number of nitrogens with zero attached hydrogens (tertiary/aromatic N) is 2. The molecule has 5 nitrogen and oxygen atoms in total. The molecule has 0 spiro atoms. The number of carbonyl (C=O) groups is 1. The van der Waals surface area contributed by atoms with Crippen molar-refractivity contribution in [3.8, 4) is 22.8 Å². The molecule has 1 unspecified atom stereocenters. The van der Waals surface area contributed by atoms with Gasteiger partial charge in [-0.25, -0.2) is 4.98 Å². The zero-order valence-corrected chi connectivity index (χ0v) is 21.3. The van der Waals surface area contributed by atoms with Gasteiger partial charge >= 0.3 is 0 Å². The Labute approximate surface area is 219 Å². The van der Waals surface area contributed by atoms with E-state index in [0.29, 0.717) is 18.9 Å². The quantitative estimate of drug-likeness (QED) is 0.245. The number of fused-ring (bicyclic) bond motifs is 2. The van der Waals surface area contributed by atoms with E-state index in [0.717, 1.165) is 44.9 Å². The van der Waals surface area contributed by atoms with Gasteiger partial charge in [-0.3, -0.25) is 4.79 Å². The third-order valence-electron chi connectivity index (χ3n) is 6.54. The van der Waals surface area contributed by atoms with Gasteiger partial charge in [-0.05, 0) is 42.1 Å². The third-order valence-corrected chi connectivity index (χ3v) is 7.38. The van der Waals surface area contributed by atoms with E-state index in [-0.39, 0.29) is 5.91 Å². The molecular weight excluding hydrogens is 480 g/mol. The van der Waals surface area contributed by atoms with E-state index in [9.17, 15) is 4.79 Å². The van der Waals surface area contributed by atoms with Gasteiger partial charge in [0, 0.05) is 22.8 Å². The van der Waals surface area contributed by atoms with Crippen molar-refractivity contribution in [2.45, 2.75) is 19.4 Å². The predicted molar refractivity (Wildman–Crippen MR) is 149 cm³/mol. The van der Waals surface area contributed by atoms with Crippen molar-refractivity contribution in [1.82, 2.24) is 4.98 Å². The standard InChI is InChI=1S/C31H26N2O3S/c1-21-31(34)33(16-17-35-28-13-7-11-23-10-5-6-12-25(23)28)27-19-24(14-15-29(27)36-21)26-20-37-30(32-26)18-22-8-3-2-4-9-22/h2-15,19-21H,16-18H2,1H3. The molecule has 6 heteroatoms. The summed E-state index contributed by atoms with van der Waals surface area (Å²) in [5, 5.41) is 5.31. The lowest BCUT2D eigenvalue weighted by Crippen LogP contribution is -2.46. The second-order valence-electron chi connectivity index (χ2n) is 9.05. The average Bonchev–Trinajstić information content (AvgIpc) is 3.40. The first kappa shape index (κ1) is 23.3. The maximum Gasteiger partial charge on any atom is 0.267 e. The molecule has 1 aliphatic rings. The van der Waals surface area contributed by atoms with Gasteiger partial charge in [-0.15, -0.1) is 11.3 Å². The summed E-state index contributed by atoms with van der Waals surface area (Å²) in [5.74, 6) is 1.43. The molecular formula is C31H26N2O3S. The zero-order valence-electron chi connectivity index (χ0n) is 20.5. The molecule has 0 saturated heterocycles. The molecule has 5 aromatic rings. The Bertz CT molecular complexity index is 1560. The minimum atomic E-state index is -0.548. The maximum absolute atomic E-state index is 13.1. The highest BCUT2D eigenvalue weighted by Crippen LogP contribution is 2.38. The van der Waals surface area contributed by atoms with Crippen LogP contribution in [0.15, 0.2) is 96.4 Å². The summed E-state index contributed by atoms with van der Waals surface area (Å²) < 4.78 is 12.1. The van der Waals surface area contributed by atoms with Crippen LogP contribution in [-0.4, -0.2) is 30.1 Å². The van der Waals surface area contributed by atoms with Gasteiger partial charge in [0.2, 0.25) is 0 Å². The van der Waals surface area contributed by atoms with Gasteiger partial charge in [0.05, 0.1) is 22.9 Å². The molecule has 6 rings (SSSR count). The van der Waals surface area contributed by atoms with E-state index in [1.54, 1.807) is 23.2 Å². The molecule has 0 N–H and O–H groups in total. The number of thiazole rings is 1. The first-order valence-corrected chi connectivity index (χ1v) is 13.2. The van der Waals surface area contributed by atoms with Crippen LogP contribution in [0.1, 0.15) is 17.5 Å². The van der Waals surface area contributed by atoms with Crippen LogP contribution in [-0.2, 0) is 11.2 Å². The van der Waals surface area contributed by atoms with Gasteiger partial charge < -0.3 is 14.4 Å². The number of aromatic nitrogens is 1. The van der Waals surface area contributed by atoms with Gasteiger partial charge in [0.1, 0.15) is 18.1 Å². The zero-order chi connectivity index (χ0) is 25.2. The molecule has 0 bridgehead atoms. The van der Waals surface area contributed by atoms with Gasteiger partial charge in [0.15, 0.2) is 6.10 Å². The summed E-state index contributed by atoms with van der Waals surface area (Å²) in [6.07, 6.45) is 0.250. The summed E-state index contributed by atoms with van der Waals surface area (Å²) in [5.41, 5.74) is 3.84. The number of hydrogen-bond donors (Lipinski definition) is 0. The van der Waals surface area contributed by atoms with E-state index >= 15 is 0 Å². The maximum atomic E-state index is 13.1. The molecule has 0 radical (unpaired) electrons. The number of benzene rings is 4. The number of carbonyl (C=O) groups excluding carboxylic acids is 1. The first-order chi connectivity index (χ1) is 18.2. The largest absolute Gasteiger partial charge is 0.491 e. The van der Waals surface area contributed by atoms with E-state index < -0.39 is 6.10 Å². The highest BCUT2D eigenvalue weighted by Gasteiger charge is 2.31. The summed E-state index contributed by atoms with van der Waals surface area (Å²) >= 11 is 1.65. The number of rotatable bonds is 7. The van der Waals surface area contributed by atoms with Crippen molar-refractivity contribution < 1.29 is 14.3 Å². The Balaban J connectivity index is 1.22. The molecule has 1 amide bonds. The van der Waals surface area contributed by atoms with Crippen LogP contribution in [0.4, 0.5) is 5.69 Å². The minimum absolute atomic E-state index is 0.0748.